The molecule has 0 saturated carbocycles. The maximum atomic E-state index is 10.3. The van der Waals surface area contributed by atoms with Gasteiger partial charge in [-0.3, -0.25) is 0 Å². The monoisotopic (exact) mass is 302 g/mol. The number of carbonyl (C=O) groups is 2. The van der Waals surface area contributed by atoms with Gasteiger partial charge in [0, 0.05) is 6.42 Å². The lowest BCUT2D eigenvalue weighted by Crippen LogP contribution is -2.23. The average Bonchev–Trinajstić information content (AvgIpc) is 2.47. The summed E-state index contributed by atoms with van der Waals surface area (Å²) in [5.41, 5.74) is 0.167. The predicted octanol–water partition coefficient (Wildman–Crippen LogP) is -0.834. The Morgan fingerprint density at radius 2 is 1.10 bits per heavy atom. The highest BCUT2D eigenvalue weighted by Crippen LogP contribution is 2.03. The van der Waals surface area contributed by atoms with Crippen molar-refractivity contribution in [2.75, 3.05) is 13.2 Å². The Labute approximate surface area is 120 Å². The molecule has 1 aromatic carbocycles. The van der Waals surface area contributed by atoms with Gasteiger partial charge in [0.25, 0.3) is 0 Å². The molecule has 8 nitrogen and oxygen atoms in total. The van der Waals surface area contributed by atoms with Crippen LogP contribution in [-0.2, 0) is 0 Å². The second-order valence-electron chi connectivity index (χ2n) is 4.10. The second kappa shape index (κ2) is 9.83. The van der Waals surface area contributed by atoms with Crippen molar-refractivity contribution in [1.29, 1.82) is 0 Å². The Bertz CT molecular complexity index is 401. The molecule has 8 heteroatoms. The van der Waals surface area contributed by atoms with Crippen LogP contribution in [0.15, 0.2) is 24.3 Å². The van der Waals surface area contributed by atoms with E-state index in [2.05, 4.69) is 0 Å². The Morgan fingerprint density at radius 1 is 0.810 bits per heavy atom. The third kappa shape index (κ3) is 8.00. The van der Waals surface area contributed by atoms with Crippen LogP contribution in [0.25, 0.3) is 0 Å². The minimum Gasteiger partial charge on any atom is -0.478 e. The van der Waals surface area contributed by atoms with Crippen LogP contribution in [0.5, 0.6) is 0 Å². The lowest BCUT2D eigenvalue weighted by Gasteiger charge is -2.09. The summed E-state index contributed by atoms with van der Waals surface area (Å²) >= 11 is 0. The molecule has 0 aliphatic heterocycles. The Balaban J connectivity index is 0.000000400. The van der Waals surface area contributed by atoms with E-state index in [1.54, 1.807) is 0 Å². The Kier molecular flexibility index (Phi) is 8.90. The molecule has 0 radical (unpaired) electrons. The van der Waals surface area contributed by atoms with Gasteiger partial charge in [0.15, 0.2) is 0 Å². The first-order valence-electron chi connectivity index (χ1n) is 5.96. The van der Waals surface area contributed by atoms with E-state index in [0.717, 1.165) is 0 Å². The molecule has 0 fully saturated rings. The summed E-state index contributed by atoms with van der Waals surface area (Å²) in [4.78, 5) is 20.7. The molecule has 21 heavy (non-hydrogen) atoms. The van der Waals surface area contributed by atoms with Crippen molar-refractivity contribution in [3.8, 4) is 0 Å². The first-order valence-corrected chi connectivity index (χ1v) is 5.96. The number of hydrogen-bond donors (Lipinski definition) is 6. The summed E-state index contributed by atoms with van der Waals surface area (Å²) in [5, 5.41) is 50.7. The van der Waals surface area contributed by atoms with Gasteiger partial charge in [-0.05, 0) is 24.3 Å². The van der Waals surface area contributed by atoms with Crippen LogP contribution in [-0.4, -0.2) is 68.0 Å². The maximum absolute atomic E-state index is 10.3. The highest BCUT2D eigenvalue weighted by atomic mass is 16.4. The molecular formula is C13H18O8. The second-order valence-corrected chi connectivity index (χ2v) is 4.10. The third-order valence-corrected chi connectivity index (χ3v) is 2.34. The highest BCUT2D eigenvalue weighted by Gasteiger charge is 2.08. The van der Waals surface area contributed by atoms with Crippen LogP contribution in [0.4, 0.5) is 0 Å². The van der Waals surface area contributed by atoms with E-state index in [-0.39, 0.29) is 30.8 Å². The zero-order valence-electron chi connectivity index (χ0n) is 11.1. The highest BCUT2D eigenvalue weighted by molar-refractivity contribution is 5.91. The van der Waals surface area contributed by atoms with Crippen LogP contribution >= 0.6 is 0 Å². The minimum absolute atomic E-state index is 0.0208. The molecule has 6 N–H and O–H groups in total. The zero-order valence-corrected chi connectivity index (χ0v) is 11.1. The Hall–Kier alpha value is -2.00. The van der Waals surface area contributed by atoms with Crippen LogP contribution in [0.3, 0.4) is 0 Å². The number of aliphatic hydroxyl groups excluding tert-OH is 4. The maximum Gasteiger partial charge on any atom is 0.335 e. The average molecular weight is 302 g/mol. The summed E-state index contributed by atoms with van der Waals surface area (Å²) < 4.78 is 0. The zero-order chi connectivity index (χ0) is 16.4. The van der Waals surface area contributed by atoms with E-state index >= 15 is 0 Å². The lowest BCUT2D eigenvalue weighted by molar-refractivity contribution is 0.0182. The molecule has 2 unspecified atom stereocenters. The lowest BCUT2D eigenvalue weighted by atomic mass is 10.1. The van der Waals surface area contributed by atoms with Gasteiger partial charge in [-0.2, -0.15) is 0 Å². The molecule has 1 aromatic rings. The Morgan fingerprint density at radius 3 is 1.29 bits per heavy atom. The van der Waals surface area contributed by atoms with E-state index in [1.165, 1.54) is 24.3 Å². The van der Waals surface area contributed by atoms with E-state index in [1.807, 2.05) is 0 Å². The molecule has 0 bridgehead atoms. The van der Waals surface area contributed by atoms with Gasteiger partial charge in [0.05, 0.1) is 36.5 Å². The summed E-state index contributed by atoms with van der Waals surface area (Å²) in [6.07, 6.45) is -1.83. The molecule has 0 spiro atoms. The first-order chi connectivity index (χ1) is 9.81. The molecular weight excluding hydrogens is 284 g/mol. The van der Waals surface area contributed by atoms with Gasteiger partial charge < -0.3 is 30.6 Å². The molecule has 2 atom stereocenters. The van der Waals surface area contributed by atoms with Crippen LogP contribution < -0.4 is 0 Å². The van der Waals surface area contributed by atoms with E-state index in [0.29, 0.717) is 0 Å². The molecule has 0 aliphatic carbocycles. The molecule has 0 heterocycles. The normalized spacial score (nSPS) is 12.8. The van der Waals surface area contributed by atoms with E-state index < -0.39 is 24.1 Å². The number of aliphatic hydroxyl groups is 4. The summed E-state index contributed by atoms with van der Waals surface area (Å²) in [6.45, 7) is -0.756. The van der Waals surface area contributed by atoms with E-state index in [4.69, 9.17) is 30.6 Å². The fourth-order valence-electron chi connectivity index (χ4n) is 1.22. The van der Waals surface area contributed by atoms with Crippen molar-refractivity contribution in [2.24, 2.45) is 0 Å². The summed E-state index contributed by atoms with van der Waals surface area (Å²) in [6, 6.07) is 5.02. The van der Waals surface area contributed by atoms with Gasteiger partial charge >= 0.3 is 11.9 Å². The first kappa shape index (κ1) is 19.0. The fraction of sp³-hybridized carbons (Fsp3) is 0.385. The van der Waals surface area contributed by atoms with Gasteiger partial charge in [-0.25, -0.2) is 9.59 Å². The minimum atomic E-state index is -1.06. The predicted molar refractivity (Wildman–Crippen MR) is 71.2 cm³/mol. The fourth-order valence-corrected chi connectivity index (χ4v) is 1.22. The third-order valence-electron chi connectivity index (χ3n) is 2.34. The van der Waals surface area contributed by atoms with Crippen LogP contribution in [0, 0.1) is 0 Å². The van der Waals surface area contributed by atoms with Crippen molar-refractivity contribution in [1.82, 2.24) is 0 Å². The van der Waals surface area contributed by atoms with Crippen molar-refractivity contribution in [3.05, 3.63) is 35.4 Å². The van der Waals surface area contributed by atoms with Gasteiger partial charge in [-0.1, -0.05) is 0 Å². The van der Waals surface area contributed by atoms with Crippen molar-refractivity contribution < 1.29 is 40.2 Å². The summed E-state index contributed by atoms with van der Waals surface area (Å²) in [5.74, 6) is -2.13. The molecule has 0 aliphatic rings. The number of carboxylic acid groups (broad SMARTS) is 2. The largest absolute Gasteiger partial charge is 0.478 e. The number of carboxylic acids is 2. The van der Waals surface area contributed by atoms with Gasteiger partial charge in [0.1, 0.15) is 0 Å². The number of rotatable bonds is 6. The standard InChI is InChI=1S/C8H6O4.C5H12O4/c9-7(10)5-1-2-6(4-3-5)8(11)12;6-2-4(8)1-5(9)3-7/h1-4H,(H,9,10)(H,11,12);4-9H,1-3H2. The smallest absolute Gasteiger partial charge is 0.335 e. The SMILES string of the molecule is O=C(O)c1ccc(C(=O)O)cc1.OCC(O)CC(O)CO. The number of aromatic carboxylic acids is 2. The molecule has 0 amide bonds. The number of hydrogen-bond acceptors (Lipinski definition) is 6. The van der Waals surface area contributed by atoms with Crippen LogP contribution in [0.1, 0.15) is 27.1 Å². The molecule has 1 rings (SSSR count). The van der Waals surface area contributed by atoms with E-state index in [9.17, 15) is 9.59 Å². The molecule has 0 saturated heterocycles. The topological polar surface area (TPSA) is 156 Å². The molecule has 118 valence electrons. The molecule has 0 aromatic heterocycles. The summed E-state index contributed by atoms with van der Waals surface area (Å²) in [7, 11) is 0. The van der Waals surface area contributed by atoms with Gasteiger partial charge in [-0.15, -0.1) is 0 Å². The van der Waals surface area contributed by atoms with Crippen molar-refractivity contribution in [3.63, 3.8) is 0 Å². The van der Waals surface area contributed by atoms with Gasteiger partial charge in [0.2, 0.25) is 0 Å². The number of benzene rings is 1. The van der Waals surface area contributed by atoms with Crippen molar-refractivity contribution >= 4 is 11.9 Å². The van der Waals surface area contributed by atoms with Crippen molar-refractivity contribution in [2.45, 2.75) is 18.6 Å². The van der Waals surface area contributed by atoms with Crippen LogP contribution in [0.2, 0.25) is 0 Å². The quantitative estimate of drug-likeness (QED) is 0.397.